The third kappa shape index (κ3) is 3.22. The van der Waals surface area contributed by atoms with Crippen molar-refractivity contribution < 1.29 is 13.2 Å². The summed E-state index contributed by atoms with van der Waals surface area (Å²) in [5, 5.41) is 0. The van der Waals surface area contributed by atoms with Crippen molar-refractivity contribution in [2.24, 2.45) is 0 Å². The lowest BCUT2D eigenvalue weighted by Gasteiger charge is -2.32. The molecule has 0 aliphatic carbocycles. The van der Waals surface area contributed by atoms with E-state index >= 15 is 0 Å². The summed E-state index contributed by atoms with van der Waals surface area (Å²) in [5.74, 6) is 0. The van der Waals surface area contributed by atoms with Crippen LogP contribution in [-0.2, 0) is 14.8 Å². The molecule has 1 aromatic heterocycles. The molecular weight excluding hydrogens is 374 g/mol. The van der Waals surface area contributed by atoms with E-state index in [-0.39, 0.29) is 6.10 Å². The Morgan fingerprint density at radius 3 is 2.62 bits per heavy atom. The number of rotatable bonds is 3. The van der Waals surface area contributed by atoms with Crippen LogP contribution in [0.1, 0.15) is 11.7 Å². The molecular formula is C14H14BrNO3S2. The Balaban J connectivity index is 1.83. The maximum Gasteiger partial charge on any atom is 0.252 e. The van der Waals surface area contributed by atoms with Crippen LogP contribution < -0.4 is 0 Å². The highest BCUT2D eigenvalue weighted by molar-refractivity contribution is 9.11. The Labute approximate surface area is 136 Å². The molecule has 1 saturated heterocycles. The fourth-order valence-electron chi connectivity index (χ4n) is 2.28. The van der Waals surface area contributed by atoms with Crippen LogP contribution in [0, 0.1) is 0 Å². The van der Waals surface area contributed by atoms with Crippen LogP contribution in [-0.4, -0.2) is 32.4 Å². The van der Waals surface area contributed by atoms with E-state index in [4.69, 9.17) is 4.74 Å². The van der Waals surface area contributed by atoms with Crippen molar-refractivity contribution in [1.82, 2.24) is 4.31 Å². The molecule has 112 valence electrons. The number of hydrogen-bond donors (Lipinski definition) is 0. The average Bonchev–Trinajstić information content (AvgIpc) is 2.96. The average molecular weight is 388 g/mol. The number of thiophene rings is 1. The number of benzene rings is 1. The second kappa shape index (κ2) is 6.18. The molecule has 0 radical (unpaired) electrons. The topological polar surface area (TPSA) is 46.6 Å². The molecule has 1 unspecified atom stereocenters. The first kappa shape index (κ1) is 15.2. The van der Waals surface area contributed by atoms with Crippen molar-refractivity contribution in [3.63, 3.8) is 0 Å². The summed E-state index contributed by atoms with van der Waals surface area (Å²) >= 11 is 4.54. The first-order chi connectivity index (χ1) is 10.1. The van der Waals surface area contributed by atoms with Crippen LogP contribution >= 0.6 is 27.3 Å². The van der Waals surface area contributed by atoms with Gasteiger partial charge in [0.05, 0.1) is 16.5 Å². The maximum atomic E-state index is 12.6. The van der Waals surface area contributed by atoms with Crippen LogP contribution in [0.15, 0.2) is 50.5 Å². The maximum absolute atomic E-state index is 12.6. The smallest absolute Gasteiger partial charge is 0.252 e. The van der Waals surface area contributed by atoms with Crippen molar-refractivity contribution in [2.75, 3.05) is 19.7 Å². The van der Waals surface area contributed by atoms with Gasteiger partial charge in [0.25, 0.3) is 10.0 Å². The Morgan fingerprint density at radius 2 is 1.95 bits per heavy atom. The molecule has 1 atom stereocenters. The number of nitrogens with zero attached hydrogens (tertiary/aromatic N) is 1. The molecule has 2 heterocycles. The van der Waals surface area contributed by atoms with Gasteiger partial charge in [-0.2, -0.15) is 4.31 Å². The van der Waals surface area contributed by atoms with Crippen molar-refractivity contribution in [1.29, 1.82) is 0 Å². The molecule has 1 fully saturated rings. The summed E-state index contributed by atoms with van der Waals surface area (Å²) in [5.41, 5.74) is 1.00. The van der Waals surface area contributed by atoms with E-state index in [1.807, 2.05) is 30.3 Å². The van der Waals surface area contributed by atoms with Crippen molar-refractivity contribution >= 4 is 37.3 Å². The van der Waals surface area contributed by atoms with E-state index in [9.17, 15) is 8.42 Å². The fourth-order valence-corrected chi connectivity index (χ4v) is 5.87. The molecule has 0 spiro atoms. The van der Waals surface area contributed by atoms with Crippen LogP contribution in [0.3, 0.4) is 0 Å². The van der Waals surface area contributed by atoms with Gasteiger partial charge in [-0.25, -0.2) is 8.42 Å². The summed E-state index contributed by atoms with van der Waals surface area (Å²) in [4.78, 5) is 0. The molecule has 1 aliphatic heterocycles. The van der Waals surface area contributed by atoms with E-state index in [0.717, 1.165) is 9.35 Å². The highest BCUT2D eigenvalue weighted by Gasteiger charge is 2.32. The lowest BCUT2D eigenvalue weighted by molar-refractivity contribution is -0.00249. The first-order valence-electron chi connectivity index (χ1n) is 6.49. The lowest BCUT2D eigenvalue weighted by atomic mass is 10.1. The zero-order valence-electron chi connectivity index (χ0n) is 11.1. The van der Waals surface area contributed by atoms with Crippen LogP contribution in [0.25, 0.3) is 0 Å². The second-order valence-corrected chi connectivity index (χ2v) is 9.32. The Morgan fingerprint density at radius 1 is 1.19 bits per heavy atom. The van der Waals surface area contributed by atoms with Gasteiger partial charge in [0.2, 0.25) is 0 Å². The van der Waals surface area contributed by atoms with Gasteiger partial charge in [-0.15, -0.1) is 11.3 Å². The summed E-state index contributed by atoms with van der Waals surface area (Å²) in [6, 6.07) is 13.1. The minimum absolute atomic E-state index is 0.210. The fraction of sp³-hybridized carbons (Fsp3) is 0.286. The summed E-state index contributed by atoms with van der Waals surface area (Å²) in [7, 11) is -3.44. The number of ether oxygens (including phenoxy) is 1. The molecule has 0 bridgehead atoms. The number of halogens is 1. The molecule has 4 nitrogen and oxygen atoms in total. The van der Waals surface area contributed by atoms with E-state index in [2.05, 4.69) is 15.9 Å². The molecule has 3 rings (SSSR count). The number of hydrogen-bond acceptors (Lipinski definition) is 4. The van der Waals surface area contributed by atoms with Gasteiger partial charge in [-0.3, -0.25) is 0 Å². The molecule has 7 heteroatoms. The highest BCUT2D eigenvalue weighted by Crippen LogP contribution is 2.31. The van der Waals surface area contributed by atoms with E-state index in [0.29, 0.717) is 23.9 Å². The number of morpholine rings is 1. The minimum atomic E-state index is -3.44. The van der Waals surface area contributed by atoms with Gasteiger partial charge in [-0.05, 0) is 33.6 Å². The molecule has 1 aromatic carbocycles. The molecule has 0 saturated carbocycles. The molecule has 21 heavy (non-hydrogen) atoms. The van der Waals surface area contributed by atoms with Crippen LogP contribution in [0.2, 0.25) is 0 Å². The summed E-state index contributed by atoms with van der Waals surface area (Å²) in [6.45, 7) is 1.15. The third-order valence-electron chi connectivity index (χ3n) is 3.34. The normalized spacial score (nSPS) is 20.5. The largest absolute Gasteiger partial charge is 0.371 e. The Hall–Kier alpha value is -0.730. The zero-order valence-corrected chi connectivity index (χ0v) is 14.3. The summed E-state index contributed by atoms with van der Waals surface area (Å²) in [6.07, 6.45) is -0.210. The van der Waals surface area contributed by atoms with Crippen molar-refractivity contribution in [3.05, 3.63) is 51.8 Å². The van der Waals surface area contributed by atoms with Gasteiger partial charge < -0.3 is 4.74 Å². The molecule has 2 aromatic rings. The van der Waals surface area contributed by atoms with Crippen molar-refractivity contribution in [3.8, 4) is 0 Å². The first-order valence-corrected chi connectivity index (χ1v) is 9.54. The minimum Gasteiger partial charge on any atom is -0.371 e. The SMILES string of the molecule is O=S(=O)(c1ccc(Br)s1)N1CCOC(c2ccccc2)C1. The third-order valence-corrected chi connectivity index (χ3v) is 7.30. The predicted octanol–water partition coefficient (Wildman–Crippen LogP) is 3.27. The predicted molar refractivity (Wildman–Crippen MR) is 85.9 cm³/mol. The lowest BCUT2D eigenvalue weighted by Crippen LogP contribution is -2.41. The molecule has 1 aliphatic rings. The van der Waals surface area contributed by atoms with Crippen LogP contribution in [0.5, 0.6) is 0 Å². The second-order valence-electron chi connectivity index (χ2n) is 4.69. The van der Waals surface area contributed by atoms with Gasteiger partial charge >= 0.3 is 0 Å². The number of sulfonamides is 1. The molecule has 0 N–H and O–H groups in total. The van der Waals surface area contributed by atoms with E-state index < -0.39 is 10.0 Å². The monoisotopic (exact) mass is 387 g/mol. The van der Waals surface area contributed by atoms with Crippen LogP contribution in [0.4, 0.5) is 0 Å². The highest BCUT2D eigenvalue weighted by atomic mass is 79.9. The van der Waals surface area contributed by atoms with Gasteiger partial charge in [0.1, 0.15) is 4.21 Å². The standard InChI is InChI=1S/C14H14BrNO3S2/c15-13-6-7-14(20-13)21(17,18)16-8-9-19-12(10-16)11-4-2-1-3-5-11/h1-7,12H,8-10H2. The Kier molecular flexibility index (Phi) is 4.46. The molecule has 0 amide bonds. The Bertz CT molecular complexity index is 715. The zero-order chi connectivity index (χ0) is 14.9. The van der Waals surface area contributed by atoms with E-state index in [1.165, 1.54) is 15.6 Å². The summed E-state index contributed by atoms with van der Waals surface area (Å²) < 4.78 is 33.7. The van der Waals surface area contributed by atoms with Gasteiger partial charge in [0.15, 0.2) is 0 Å². The van der Waals surface area contributed by atoms with E-state index in [1.54, 1.807) is 12.1 Å². The van der Waals surface area contributed by atoms with Crippen molar-refractivity contribution in [2.45, 2.75) is 10.3 Å². The van der Waals surface area contributed by atoms with Gasteiger partial charge in [-0.1, -0.05) is 30.3 Å². The van der Waals surface area contributed by atoms with Gasteiger partial charge in [0, 0.05) is 13.1 Å². The quantitative estimate of drug-likeness (QED) is 0.811.